The van der Waals surface area contributed by atoms with Gasteiger partial charge in [0, 0.05) is 24.6 Å². The van der Waals surface area contributed by atoms with Gasteiger partial charge in [0.05, 0.1) is 0 Å². The summed E-state index contributed by atoms with van der Waals surface area (Å²) in [5, 5.41) is 12.5. The van der Waals surface area contributed by atoms with Crippen LogP contribution in [0.1, 0.15) is 11.1 Å². The number of phenolic OH excluding ortho intramolecular Hbond substituents is 1. The van der Waals surface area contributed by atoms with Crippen molar-refractivity contribution in [1.29, 1.82) is 0 Å². The van der Waals surface area contributed by atoms with Gasteiger partial charge in [-0.3, -0.25) is 4.98 Å². The molecule has 1 heterocycles. The van der Waals surface area contributed by atoms with Gasteiger partial charge in [-0.25, -0.2) is 0 Å². The van der Waals surface area contributed by atoms with Gasteiger partial charge >= 0.3 is 0 Å². The third kappa shape index (κ3) is 3.21. The van der Waals surface area contributed by atoms with Crippen LogP contribution in [-0.2, 0) is 6.42 Å². The molecule has 0 aliphatic heterocycles. The maximum atomic E-state index is 9.17. The first-order chi connectivity index (χ1) is 8.25. The second kappa shape index (κ2) is 5.34. The number of benzene rings is 1. The molecule has 1 aromatic carbocycles. The molecule has 0 aliphatic carbocycles. The van der Waals surface area contributed by atoms with Gasteiger partial charge in [-0.1, -0.05) is 12.1 Å². The predicted octanol–water partition coefficient (Wildman–Crippen LogP) is 2.75. The van der Waals surface area contributed by atoms with Gasteiger partial charge < -0.3 is 10.4 Å². The van der Waals surface area contributed by atoms with E-state index in [1.165, 1.54) is 5.56 Å². The van der Waals surface area contributed by atoms with E-state index in [9.17, 15) is 5.11 Å². The maximum Gasteiger partial charge on any atom is 0.115 e. The van der Waals surface area contributed by atoms with Crippen LogP contribution in [0.5, 0.6) is 5.75 Å². The average Bonchev–Trinajstić information content (AvgIpc) is 2.34. The van der Waals surface area contributed by atoms with Crippen LogP contribution < -0.4 is 5.32 Å². The Morgan fingerprint density at radius 1 is 1.18 bits per heavy atom. The number of aromatic nitrogens is 1. The molecule has 0 aliphatic rings. The van der Waals surface area contributed by atoms with Crippen molar-refractivity contribution in [2.24, 2.45) is 0 Å². The zero-order valence-corrected chi connectivity index (χ0v) is 9.85. The molecule has 0 radical (unpaired) electrons. The molecule has 0 saturated heterocycles. The van der Waals surface area contributed by atoms with Gasteiger partial charge in [0.1, 0.15) is 5.75 Å². The lowest BCUT2D eigenvalue weighted by molar-refractivity contribution is 0.475. The standard InChI is InChI=1S/C14H16N2O/c1-11-10-15-8-7-14(11)16-9-6-12-2-4-13(17)5-3-12/h2-5,7-8,10,17H,6,9H2,1H3,(H,15,16). The minimum atomic E-state index is 0.312. The highest BCUT2D eigenvalue weighted by Gasteiger charge is 1.97. The molecule has 3 heteroatoms. The van der Waals surface area contributed by atoms with Gasteiger partial charge in [0.15, 0.2) is 0 Å². The molecule has 0 saturated carbocycles. The van der Waals surface area contributed by atoms with Crippen LogP contribution in [0.4, 0.5) is 5.69 Å². The summed E-state index contributed by atoms with van der Waals surface area (Å²) in [6, 6.07) is 9.29. The summed E-state index contributed by atoms with van der Waals surface area (Å²) >= 11 is 0. The molecule has 2 N–H and O–H groups in total. The van der Waals surface area contributed by atoms with Crippen LogP contribution in [0.25, 0.3) is 0 Å². The molecular weight excluding hydrogens is 212 g/mol. The van der Waals surface area contributed by atoms with Crippen molar-refractivity contribution in [2.45, 2.75) is 13.3 Å². The summed E-state index contributed by atoms with van der Waals surface area (Å²) in [6.07, 6.45) is 4.57. The summed E-state index contributed by atoms with van der Waals surface area (Å²) in [4.78, 5) is 4.05. The minimum Gasteiger partial charge on any atom is -0.508 e. The maximum absolute atomic E-state index is 9.17. The van der Waals surface area contributed by atoms with E-state index in [1.807, 2.05) is 31.3 Å². The number of nitrogens with one attached hydrogen (secondary N) is 1. The molecule has 0 bridgehead atoms. The third-order valence-corrected chi connectivity index (χ3v) is 2.69. The number of aromatic hydroxyl groups is 1. The van der Waals surface area contributed by atoms with Gasteiger partial charge in [0.2, 0.25) is 0 Å². The number of aryl methyl sites for hydroxylation is 1. The number of pyridine rings is 1. The lowest BCUT2D eigenvalue weighted by atomic mass is 10.1. The Balaban J connectivity index is 1.88. The summed E-state index contributed by atoms with van der Waals surface area (Å²) in [7, 11) is 0. The highest BCUT2D eigenvalue weighted by atomic mass is 16.3. The van der Waals surface area contributed by atoms with E-state index in [-0.39, 0.29) is 0 Å². The van der Waals surface area contributed by atoms with E-state index in [4.69, 9.17) is 0 Å². The van der Waals surface area contributed by atoms with Crippen molar-refractivity contribution in [2.75, 3.05) is 11.9 Å². The lowest BCUT2D eigenvalue weighted by Crippen LogP contribution is -2.05. The minimum absolute atomic E-state index is 0.312. The van der Waals surface area contributed by atoms with Crippen LogP contribution in [0, 0.1) is 6.92 Å². The van der Waals surface area contributed by atoms with Crippen molar-refractivity contribution < 1.29 is 5.11 Å². The number of hydrogen-bond acceptors (Lipinski definition) is 3. The van der Waals surface area contributed by atoms with Gasteiger partial charge in [-0.2, -0.15) is 0 Å². The van der Waals surface area contributed by atoms with Crippen molar-refractivity contribution in [3.05, 3.63) is 53.9 Å². The molecule has 0 spiro atoms. The fourth-order valence-corrected chi connectivity index (χ4v) is 1.68. The lowest BCUT2D eigenvalue weighted by Gasteiger charge is -2.08. The van der Waals surface area contributed by atoms with Crippen LogP contribution in [0.3, 0.4) is 0 Å². The highest BCUT2D eigenvalue weighted by Crippen LogP contribution is 2.13. The predicted molar refractivity (Wildman–Crippen MR) is 69.3 cm³/mol. The number of anilines is 1. The van der Waals surface area contributed by atoms with Crippen molar-refractivity contribution >= 4 is 5.69 Å². The van der Waals surface area contributed by atoms with Crippen LogP contribution in [-0.4, -0.2) is 16.6 Å². The molecule has 1 aromatic heterocycles. The SMILES string of the molecule is Cc1cnccc1NCCc1ccc(O)cc1. The largest absolute Gasteiger partial charge is 0.508 e. The smallest absolute Gasteiger partial charge is 0.115 e. The van der Waals surface area contributed by atoms with Crippen LogP contribution >= 0.6 is 0 Å². The molecule has 0 atom stereocenters. The number of rotatable bonds is 4. The van der Waals surface area contributed by atoms with Gasteiger partial charge in [0.25, 0.3) is 0 Å². The van der Waals surface area contributed by atoms with Crippen molar-refractivity contribution in [3.8, 4) is 5.75 Å². The average molecular weight is 228 g/mol. The summed E-state index contributed by atoms with van der Waals surface area (Å²) in [5.74, 6) is 0.312. The van der Waals surface area contributed by atoms with Crippen LogP contribution in [0.2, 0.25) is 0 Å². The number of phenols is 1. The zero-order valence-electron chi connectivity index (χ0n) is 9.85. The second-order valence-electron chi connectivity index (χ2n) is 4.03. The molecule has 0 fully saturated rings. The summed E-state index contributed by atoms with van der Waals surface area (Å²) < 4.78 is 0. The second-order valence-corrected chi connectivity index (χ2v) is 4.03. The van der Waals surface area contributed by atoms with E-state index in [2.05, 4.69) is 10.3 Å². The number of hydrogen-bond donors (Lipinski definition) is 2. The fourth-order valence-electron chi connectivity index (χ4n) is 1.68. The van der Waals surface area contributed by atoms with Crippen molar-refractivity contribution in [1.82, 2.24) is 4.98 Å². The molecule has 0 amide bonds. The van der Waals surface area contributed by atoms with Gasteiger partial charge in [-0.05, 0) is 42.7 Å². The quantitative estimate of drug-likeness (QED) is 0.845. The van der Waals surface area contributed by atoms with E-state index in [0.29, 0.717) is 5.75 Å². The Morgan fingerprint density at radius 3 is 2.65 bits per heavy atom. The van der Waals surface area contributed by atoms with Crippen LogP contribution in [0.15, 0.2) is 42.7 Å². The van der Waals surface area contributed by atoms with E-state index in [1.54, 1.807) is 18.3 Å². The molecular formula is C14H16N2O. The summed E-state index contributed by atoms with van der Waals surface area (Å²) in [6.45, 7) is 2.91. The first-order valence-electron chi connectivity index (χ1n) is 5.68. The number of nitrogens with zero attached hydrogens (tertiary/aromatic N) is 1. The monoisotopic (exact) mass is 228 g/mol. The Labute approximate surface area is 101 Å². The molecule has 2 aromatic rings. The Hall–Kier alpha value is -2.03. The Bertz CT molecular complexity index is 480. The van der Waals surface area contributed by atoms with Gasteiger partial charge in [-0.15, -0.1) is 0 Å². The topological polar surface area (TPSA) is 45.2 Å². The molecule has 3 nitrogen and oxygen atoms in total. The zero-order chi connectivity index (χ0) is 12.1. The first-order valence-corrected chi connectivity index (χ1v) is 5.68. The Morgan fingerprint density at radius 2 is 1.94 bits per heavy atom. The summed E-state index contributed by atoms with van der Waals surface area (Å²) in [5.41, 5.74) is 3.49. The normalized spacial score (nSPS) is 10.2. The van der Waals surface area contributed by atoms with E-state index < -0.39 is 0 Å². The fraction of sp³-hybridized carbons (Fsp3) is 0.214. The molecule has 2 rings (SSSR count). The highest BCUT2D eigenvalue weighted by molar-refractivity contribution is 5.48. The third-order valence-electron chi connectivity index (χ3n) is 2.69. The van der Waals surface area contributed by atoms with E-state index >= 15 is 0 Å². The molecule has 17 heavy (non-hydrogen) atoms. The Kier molecular flexibility index (Phi) is 3.60. The van der Waals surface area contributed by atoms with E-state index in [0.717, 1.165) is 24.2 Å². The first kappa shape index (κ1) is 11.5. The molecule has 88 valence electrons. The molecule has 0 unspecified atom stereocenters. The van der Waals surface area contributed by atoms with Crippen molar-refractivity contribution in [3.63, 3.8) is 0 Å².